The third-order valence-corrected chi connectivity index (χ3v) is 4.53. The van der Waals surface area contributed by atoms with Crippen LogP contribution in [0.3, 0.4) is 0 Å². The molecule has 0 bridgehead atoms. The van der Waals surface area contributed by atoms with Crippen molar-refractivity contribution in [2.45, 2.75) is 37.6 Å². The van der Waals surface area contributed by atoms with Gasteiger partial charge in [0.2, 0.25) is 11.7 Å². The van der Waals surface area contributed by atoms with E-state index in [0.29, 0.717) is 48.1 Å². The van der Waals surface area contributed by atoms with E-state index in [-0.39, 0.29) is 5.91 Å². The van der Waals surface area contributed by atoms with Gasteiger partial charge in [-0.3, -0.25) is 4.79 Å². The number of benzene rings is 1. The van der Waals surface area contributed by atoms with Crippen molar-refractivity contribution in [2.75, 3.05) is 6.54 Å². The molecular weight excluding hydrogens is 310 g/mol. The molecule has 2 aromatic rings. The fraction of sp³-hybridized carbons (Fsp3) is 0.412. The van der Waals surface area contributed by atoms with Gasteiger partial charge in [-0.2, -0.15) is 4.98 Å². The van der Waals surface area contributed by atoms with E-state index in [9.17, 15) is 14.7 Å². The molecule has 124 valence electrons. The summed E-state index contributed by atoms with van der Waals surface area (Å²) in [5.74, 6) is 0.254. The van der Waals surface area contributed by atoms with Crippen LogP contribution in [0.4, 0.5) is 0 Å². The molecule has 1 aliphatic heterocycles. The van der Waals surface area contributed by atoms with Crippen molar-refractivity contribution in [3.8, 4) is 11.4 Å². The molecule has 1 saturated carbocycles. The predicted octanol–water partition coefficient (Wildman–Crippen LogP) is 2.30. The predicted molar refractivity (Wildman–Crippen MR) is 83.4 cm³/mol. The van der Waals surface area contributed by atoms with Crippen molar-refractivity contribution in [1.82, 2.24) is 15.0 Å². The van der Waals surface area contributed by atoms with Crippen molar-refractivity contribution in [2.24, 2.45) is 0 Å². The first-order chi connectivity index (χ1) is 11.6. The number of carbonyl (C=O) groups excluding carboxylic acids is 1. The number of aliphatic carboxylic acids is 1. The second-order valence-corrected chi connectivity index (χ2v) is 6.31. The molecule has 1 aromatic carbocycles. The third kappa shape index (κ3) is 2.66. The van der Waals surface area contributed by atoms with E-state index >= 15 is 0 Å². The molecule has 2 fully saturated rings. The first-order valence-corrected chi connectivity index (χ1v) is 8.11. The van der Waals surface area contributed by atoms with Crippen molar-refractivity contribution in [3.63, 3.8) is 0 Å². The molecule has 1 N–H and O–H groups in total. The molecule has 2 heterocycles. The maximum atomic E-state index is 12.7. The number of amides is 1. The minimum Gasteiger partial charge on any atom is -0.480 e. The number of hydrogen-bond donors (Lipinski definition) is 1. The highest BCUT2D eigenvalue weighted by molar-refractivity contribution is 5.97. The minimum atomic E-state index is -0.954. The van der Waals surface area contributed by atoms with Crippen molar-refractivity contribution < 1.29 is 19.2 Å². The molecule has 1 amide bonds. The monoisotopic (exact) mass is 327 g/mol. The van der Waals surface area contributed by atoms with Crippen molar-refractivity contribution in [3.05, 3.63) is 35.7 Å². The van der Waals surface area contributed by atoms with Crippen LogP contribution in [0.2, 0.25) is 0 Å². The summed E-state index contributed by atoms with van der Waals surface area (Å²) < 4.78 is 5.26. The standard InChI is InChI=1S/C17H17N3O4/c21-16(20-8-2-5-13(20)17(22)23)12-4-1-3-11(9-12)14-18-15(24-19-14)10-6-7-10/h1,3-4,9-10,13H,2,5-8H2,(H,22,23). The van der Waals surface area contributed by atoms with Crippen LogP contribution < -0.4 is 0 Å². The average molecular weight is 327 g/mol. The SMILES string of the molecule is O=C(O)C1CCCN1C(=O)c1cccc(-c2noc(C3CC3)n2)c1. The largest absolute Gasteiger partial charge is 0.480 e. The van der Waals surface area contributed by atoms with Gasteiger partial charge in [0.05, 0.1) is 0 Å². The highest BCUT2D eigenvalue weighted by Gasteiger charge is 2.34. The first kappa shape index (κ1) is 14.9. The molecular formula is C17H17N3O4. The van der Waals surface area contributed by atoms with E-state index in [1.807, 2.05) is 6.07 Å². The number of rotatable bonds is 4. The Morgan fingerprint density at radius 2 is 2.08 bits per heavy atom. The molecule has 4 rings (SSSR count). The van der Waals surface area contributed by atoms with Crippen LogP contribution in [0.1, 0.15) is 47.8 Å². The lowest BCUT2D eigenvalue weighted by atomic mass is 10.1. The average Bonchev–Trinajstić information content (AvgIpc) is 3.13. The van der Waals surface area contributed by atoms with E-state index in [4.69, 9.17) is 4.52 Å². The topological polar surface area (TPSA) is 96.5 Å². The van der Waals surface area contributed by atoms with Gasteiger partial charge < -0.3 is 14.5 Å². The maximum absolute atomic E-state index is 12.7. The van der Waals surface area contributed by atoms with Gasteiger partial charge in [0.1, 0.15) is 6.04 Å². The Hall–Kier alpha value is -2.70. The fourth-order valence-corrected chi connectivity index (χ4v) is 3.07. The quantitative estimate of drug-likeness (QED) is 0.925. The van der Waals surface area contributed by atoms with Crippen LogP contribution >= 0.6 is 0 Å². The number of likely N-dealkylation sites (tertiary alicyclic amines) is 1. The Bertz CT molecular complexity index is 797. The summed E-state index contributed by atoms with van der Waals surface area (Å²) >= 11 is 0. The first-order valence-electron chi connectivity index (χ1n) is 8.11. The van der Waals surface area contributed by atoms with Gasteiger partial charge in [-0.1, -0.05) is 17.3 Å². The molecule has 7 heteroatoms. The molecule has 7 nitrogen and oxygen atoms in total. The minimum absolute atomic E-state index is 0.271. The van der Waals surface area contributed by atoms with Gasteiger partial charge in [-0.25, -0.2) is 4.79 Å². The van der Waals surface area contributed by atoms with Crippen LogP contribution in [0.25, 0.3) is 11.4 Å². The van der Waals surface area contributed by atoms with Gasteiger partial charge >= 0.3 is 5.97 Å². The molecule has 2 aliphatic rings. The fourth-order valence-electron chi connectivity index (χ4n) is 3.07. The van der Waals surface area contributed by atoms with E-state index in [2.05, 4.69) is 10.1 Å². The van der Waals surface area contributed by atoms with Crippen LogP contribution in [-0.4, -0.2) is 44.6 Å². The molecule has 1 saturated heterocycles. The van der Waals surface area contributed by atoms with Gasteiger partial charge in [-0.05, 0) is 37.8 Å². The zero-order chi connectivity index (χ0) is 16.7. The lowest BCUT2D eigenvalue weighted by Gasteiger charge is -2.21. The highest BCUT2D eigenvalue weighted by atomic mass is 16.5. The molecule has 0 radical (unpaired) electrons. The maximum Gasteiger partial charge on any atom is 0.326 e. The van der Waals surface area contributed by atoms with Crippen LogP contribution in [0, 0.1) is 0 Å². The summed E-state index contributed by atoms with van der Waals surface area (Å²) in [6, 6.07) is 6.21. The Morgan fingerprint density at radius 1 is 1.25 bits per heavy atom. The number of aromatic nitrogens is 2. The zero-order valence-corrected chi connectivity index (χ0v) is 13.0. The highest BCUT2D eigenvalue weighted by Crippen LogP contribution is 2.39. The molecule has 1 aromatic heterocycles. The Morgan fingerprint density at radius 3 is 2.83 bits per heavy atom. The van der Waals surface area contributed by atoms with E-state index in [1.54, 1.807) is 18.2 Å². The second-order valence-electron chi connectivity index (χ2n) is 6.31. The number of hydrogen-bond acceptors (Lipinski definition) is 5. The van der Waals surface area contributed by atoms with Gasteiger partial charge in [-0.15, -0.1) is 0 Å². The van der Waals surface area contributed by atoms with Gasteiger partial charge in [0.25, 0.3) is 5.91 Å². The van der Waals surface area contributed by atoms with Crippen LogP contribution in [0.15, 0.2) is 28.8 Å². The Kier molecular flexibility index (Phi) is 3.55. The summed E-state index contributed by atoms with van der Waals surface area (Å²) in [7, 11) is 0. The van der Waals surface area contributed by atoms with Crippen molar-refractivity contribution in [1.29, 1.82) is 0 Å². The van der Waals surface area contributed by atoms with Crippen molar-refractivity contribution >= 4 is 11.9 Å². The van der Waals surface area contributed by atoms with E-state index in [0.717, 1.165) is 12.8 Å². The Labute approximate surface area is 138 Å². The van der Waals surface area contributed by atoms with Gasteiger partial charge in [0.15, 0.2) is 0 Å². The van der Waals surface area contributed by atoms with E-state index in [1.165, 1.54) is 4.90 Å². The lowest BCUT2D eigenvalue weighted by Crippen LogP contribution is -2.40. The van der Waals surface area contributed by atoms with Gasteiger partial charge in [0, 0.05) is 23.6 Å². The van der Waals surface area contributed by atoms with Crippen LogP contribution in [0.5, 0.6) is 0 Å². The lowest BCUT2D eigenvalue weighted by molar-refractivity contribution is -0.141. The number of carboxylic acid groups (broad SMARTS) is 1. The number of carboxylic acids is 1. The third-order valence-electron chi connectivity index (χ3n) is 4.53. The van der Waals surface area contributed by atoms with Crippen LogP contribution in [-0.2, 0) is 4.79 Å². The normalized spacial score (nSPS) is 20.3. The molecule has 1 aliphatic carbocycles. The summed E-state index contributed by atoms with van der Waals surface area (Å²) in [5.41, 5.74) is 1.14. The summed E-state index contributed by atoms with van der Waals surface area (Å²) in [6.45, 7) is 0.466. The smallest absolute Gasteiger partial charge is 0.326 e. The summed E-state index contributed by atoms with van der Waals surface area (Å²) in [6.07, 6.45) is 3.35. The molecule has 24 heavy (non-hydrogen) atoms. The molecule has 1 atom stereocenters. The van der Waals surface area contributed by atoms with E-state index < -0.39 is 12.0 Å². The molecule has 0 spiro atoms. The Balaban J connectivity index is 1.59. The molecule has 1 unspecified atom stereocenters. The number of nitrogens with zero attached hydrogens (tertiary/aromatic N) is 3. The number of carbonyl (C=O) groups is 2. The summed E-state index contributed by atoms with van der Waals surface area (Å²) in [4.78, 5) is 29.8. The summed E-state index contributed by atoms with van der Waals surface area (Å²) in [5, 5.41) is 13.2. The zero-order valence-electron chi connectivity index (χ0n) is 13.0. The second kappa shape index (κ2) is 5.74.